The van der Waals surface area contributed by atoms with Crippen LogP contribution in [0.1, 0.15) is 64.1 Å². The molecule has 1 aromatic rings. The van der Waals surface area contributed by atoms with Gasteiger partial charge in [-0.3, -0.25) is 9.48 Å². The van der Waals surface area contributed by atoms with Crippen molar-refractivity contribution < 1.29 is 28.9 Å². The number of fused-ring (bicyclic) bond motifs is 5. The first-order valence-electron chi connectivity index (χ1n) is 13.5. The van der Waals surface area contributed by atoms with Crippen molar-refractivity contribution in [2.24, 2.45) is 41.5 Å². The Balaban J connectivity index is 1.52. The number of halogens is 1. The third kappa shape index (κ3) is 3.12. The molecular formula is C29H37ClN2O6. The van der Waals surface area contributed by atoms with E-state index in [1.54, 1.807) is 27.8 Å². The van der Waals surface area contributed by atoms with E-state index < -0.39 is 35.0 Å². The van der Waals surface area contributed by atoms with Crippen molar-refractivity contribution in [3.8, 4) is 0 Å². The number of rotatable bonds is 2. The Bertz CT molecular complexity index is 1330. The van der Waals surface area contributed by atoms with E-state index in [1.165, 1.54) is 4.68 Å². The highest BCUT2D eigenvalue weighted by Gasteiger charge is 2.77. The van der Waals surface area contributed by atoms with Crippen molar-refractivity contribution in [1.82, 2.24) is 9.78 Å². The van der Waals surface area contributed by atoms with Gasteiger partial charge in [0.15, 0.2) is 29.0 Å². The zero-order valence-electron chi connectivity index (χ0n) is 23.3. The summed E-state index contributed by atoms with van der Waals surface area (Å²) in [5.41, 5.74) is -1.19. The maximum absolute atomic E-state index is 14.7. The van der Waals surface area contributed by atoms with Gasteiger partial charge < -0.3 is 19.3 Å². The van der Waals surface area contributed by atoms with Crippen LogP contribution in [0.5, 0.6) is 0 Å². The molecule has 1 N–H and O–H groups in total. The second kappa shape index (κ2) is 7.80. The standard InChI is InChI=1S/C29H37ClN2O6/c1-13-11-28-14(2)9-18-19(26(18,4)5)17(22(28)33)10-16-12-36-27(6,7)38-24(16)29(28,35)23(13)37-25(34)21-20(30)15(3)31-32(21)8/h10-11,14,17-19,23-24,35H,9,12H2,1-8H3/t14?,17-,18+,19-,23-,24+,28?,29+/m0/s1. The van der Waals surface area contributed by atoms with Crippen molar-refractivity contribution >= 4 is 23.4 Å². The summed E-state index contributed by atoms with van der Waals surface area (Å²) < 4.78 is 20.0. The molecule has 0 amide bonds. The van der Waals surface area contributed by atoms with Crippen LogP contribution in [0, 0.1) is 41.4 Å². The average Bonchev–Trinajstić information content (AvgIpc) is 3.18. The van der Waals surface area contributed by atoms with E-state index in [0.29, 0.717) is 17.2 Å². The van der Waals surface area contributed by atoms with Gasteiger partial charge in [0.2, 0.25) is 0 Å². The number of esters is 1. The number of allylic oxidation sites excluding steroid dienone is 1. The van der Waals surface area contributed by atoms with Crippen LogP contribution in [0.4, 0.5) is 0 Å². The van der Waals surface area contributed by atoms with Crippen molar-refractivity contribution in [2.75, 3.05) is 6.61 Å². The molecule has 0 radical (unpaired) electrons. The lowest BCUT2D eigenvalue weighted by Gasteiger charge is -2.52. The molecule has 6 rings (SSSR count). The molecule has 9 heteroatoms. The Hall–Kier alpha value is -2.00. The van der Waals surface area contributed by atoms with Gasteiger partial charge in [-0.05, 0) is 68.4 Å². The number of Topliss-reactive ketones (excluding diaryl/α,β-unsaturated/α-hetero) is 1. The van der Waals surface area contributed by atoms with Crippen LogP contribution < -0.4 is 0 Å². The molecule has 2 saturated carbocycles. The molecule has 4 aliphatic carbocycles. The first-order chi connectivity index (χ1) is 17.6. The number of hydrogen-bond donors (Lipinski definition) is 1. The minimum atomic E-state index is -1.87. The van der Waals surface area contributed by atoms with E-state index in [9.17, 15) is 14.7 Å². The first kappa shape index (κ1) is 26.2. The Morgan fingerprint density at radius 2 is 1.95 bits per heavy atom. The molecule has 8 atom stereocenters. The summed E-state index contributed by atoms with van der Waals surface area (Å²) in [6, 6.07) is 0. The fourth-order valence-electron chi connectivity index (χ4n) is 8.32. The Labute approximate surface area is 228 Å². The van der Waals surface area contributed by atoms with E-state index in [4.69, 9.17) is 25.8 Å². The molecule has 2 unspecified atom stereocenters. The van der Waals surface area contributed by atoms with Gasteiger partial charge in [0.25, 0.3) is 0 Å². The molecule has 0 aromatic carbocycles. The largest absolute Gasteiger partial charge is 0.450 e. The molecular weight excluding hydrogens is 508 g/mol. The first-order valence-corrected chi connectivity index (χ1v) is 13.8. The second-order valence-electron chi connectivity index (χ2n) is 13.1. The van der Waals surface area contributed by atoms with E-state index in [2.05, 4.69) is 18.9 Å². The Kier molecular flexibility index (Phi) is 5.39. The number of aromatic nitrogens is 2. The van der Waals surface area contributed by atoms with Gasteiger partial charge in [0, 0.05) is 13.0 Å². The van der Waals surface area contributed by atoms with E-state index >= 15 is 0 Å². The zero-order chi connectivity index (χ0) is 27.7. The number of ether oxygens (including phenoxy) is 3. The minimum Gasteiger partial charge on any atom is -0.450 e. The summed E-state index contributed by atoms with van der Waals surface area (Å²) in [5.74, 6) is -1.80. The van der Waals surface area contributed by atoms with Gasteiger partial charge in [-0.2, -0.15) is 5.10 Å². The SMILES string of the molecule is CC1=CC23C(=O)[C@@H](C=C4COC(C)(C)O[C@H]4[C@]2(O)[C@H]1OC(=O)c1c(Cl)c(C)nn1C)[C@H]1[C@@H](CC3C)C1(C)C. The summed E-state index contributed by atoms with van der Waals surface area (Å²) in [5, 5.41) is 17.5. The highest BCUT2D eigenvalue weighted by Crippen LogP contribution is 2.72. The van der Waals surface area contributed by atoms with Gasteiger partial charge in [-0.25, -0.2) is 4.79 Å². The fourth-order valence-corrected chi connectivity index (χ4v) is 8.55. The van der Waals surface area contributed by atoms with E-state index in [0.717, 1.165) is 12.0 Å². The molecule has 1 aromatic heterocycles. The minimum absolute atomic E-state index is 0.0260. The van der Waals surface area contributed by atoms with Gasteiger partial charge in [0.05, 0.1) is 22.7 Å². The van der Waals surface area contributed by atoms with E-state index in [1.807, 2.05) is 26.0 Å². The number of aliphatic hydroxyl groups is 1. The molecule has 3 fully saturated rings. The van der Waals surface area contributed by atoms with Gasteiger partial charge in [-0.1, -0.05) is 44.5 Å². The van der Waals surface area contributed by atoms with Crippen molar-refractivity contribution in [2.45, 2.75) is 78.5 Å². The number of nitrogens with zero attached hydrogens (tertiary/aromatic N) is 2. The third-order valence-corrected chi connectivity index (χ3v) is 10.7. The fraction of sp³-hybridized carbons (Fsp3) is 0.690. The Morgan fingerprint density at radius 1 is 1.26 bits per heavy atom. The van der Waals surface area contributed by atoms with Crippen LogP contribution in [-0.4, -0.2) is 56.8 Å². The molecule has 206 valence electrons. The zero-order valence-corrected chi connectivity index (χ0v) is 24.0. The van der Waals surface area contributed by atoms with Crippen molar-refractivity contribution in [3.05, 3.63) is 39.7 Å². The lowest BCUT2D eigenvalue weighted by Crippen LogP contribution is -2.68. The van der Waals surface area contributed by atoms with Crippen LogP contribution in [0.15, 0.2) is 23.3 Å². The molecule has 2 heterocycles. The monoisotopic (exact) mass is 544 g/mol. The van der Waals surface area contributed by atoms with Crippen LogP contribution in [0.2, 0.25) is 5.02 Å². The lowest BCUT2D eigenvalue weighted by atomic mass is 9.59. The maximum Gasteiger partial charge on any atom is 0.358 e. The van der Waals surface area contributed by atoms with Crippen LogP contribution >= 0.6 is 11.6 Å². The van der Waals surface area contributed by atoms with Gasteiger partial charge in [0.1, 0.15) is 6.10 Å². The average molecular weight is 545 g/mol. The molecule has 38 heavy (non-hydrogen) atoms. The molecule has 1 spiro atoms. The van der Waals surface area contributed by atoms with E-state index in [-0.39, 0.29) is 46.3 Å². The number of aryl methyl sites for hydroxylation is 2. The van der Waals surface area contributed by atoms with Crippen LogP contribution in [-0.2, 0) is 26.1 Å². The van der Waals surface area contributed by atoms with Gasteiger partial charge >= 0.3 is 5.97 Å². The summed E-state index contributed by atoms with van der Waals surface area (Å²) in [6.07, 6.45) is 2.62. The molecule has 5 aliphatic rings. The maximum atomic E-state index is 14.7. The summed E-state index contributed by atoms with van der Waals surface area (Å²) >= 11 is 6.41. The number of carbonyl (C=O) groups is 2. The summed E-state index contributed by atoms with van der Waals surface area (Å²) in [7, 11) is 1.62. The molecule has 1 aliphatic heterocycles. The summed E-state index contributed by atoms with van der Waals surface area (Å²) in [4.78, 5) is 28.3. The second-order valence-corrected chi connectivity index (χ2v) is 13.5. The van der Waals surface area contributed by atoms with Crippen LogP contribution in [0.3, 0.4) is 0 Å². The summed E-state index contributed by atoms with van der Waals surface area (Å²) in [6.45, 7) is 13.8. The normalized spacial score (nSPS) is 42.1. The molecule has 8 nitrogen and oxygen atoms in total. The number of carbonyl (C=O) groups excluding carboxylic acids is 2. The van der Waals surface area contributed by atoms with Crippen molar-refractivity contribution in [3.63, 3.8) is 0 Å². The number of ketones is 1. The molecule has 1 saturated heterocycles. The highest BCUT2D eigenvalue weighted by atomic mass is 35.5. The van der Waals surface area contributed by atoms with Crippen LogP contribution in [0.25, 0.3) is 0 Å². The third-order valence-electron chi connectivity index (χ3n) is 10.2. The van der Waals surface area contributed by atoms with Crippen molar-refractivity contribution in [1.29, 1.82) is 0 Å². The highest BCUT2D eigenvalue weighted by molar-refractivity contribution is 6.34. The quantitative estimate of drug-likeness (QED) is 0.440. The number of hydrogen-bond acceptors (Lipinski definition) is 7. The lowest BCUT2D eigenvalue weighted by molar-refractivity contribution is -0.302. The molecule has 2 bridgehead atoms. The predicted molar refractivity (Wildman–Crippen MR) is 139 cm³/mol. The van der Waals surface area contributed by atoms with Gasteiger partial charge in [-0.15, -0.1) is 0 Å². The predicted octanol–water partition coefficient (Wildman–Crippen LogP) is 4.17. The topological polar surface area (TPSA) is 99.9 Å². The Morgan fingerprint density at radius 3 is 2.58 bits per heavy atom. The smallest absolute Gasteiger partial charge is 0.358 e.